The first-order valence-corrected chi connectivity index (χ1v) is 6.12. The Hall–Kier alpha value is -2.03. The Kier molecular flexibility index (Phi) is 6.22. The smallest absolute Gasteiger partial charge is 0.411 e. The van der Waals surface area contributed by atoms with Crippen LogP contribution in [0, 0.1) is 10.1 Å². The fourth-order valence-electron chi connectivity index (χ4n) is 1.50. The number of nitro benzene ring substituents is 1. The van der Waals surface area contributed by atoms with Gasteiger partial charge in [-0.1, -0.05) is 0 Å². The fourth-order valence-corrected chi connectivity index (χ4v) is 1.50. The molecule has 0 aliphatic carbocycles. The van der Waals surface area contributed by atoms with Crippen molar-refractivity contribution in [2.24, 2.45) is 0 Å². The highest BCUT2D eigenvalue weighted by Crippen LogP contribution is 2.26. The van der Waals surface area contributed by atoms with Gasteiger partial charge in [-0.25, -0.2) is 0 Å². The maximum absolute atomic E-state index is 11.8. The molecule has 6 nitrogen and oxygen atoms in total. The first-order chi connectivity index (χ1) is 9.81. The summed E-state index contributed by atoms with van der Waals surface area (Å²) < 4.78 is 45.2. The van der Waals surface area contributed by atoms with Crippen LogP contribution in [0.5, 0.6) is 5.75 Å². The normalized spacial score (nSPS) is 11.2. The van der Waals surface area contributed by atoms with Crippen molar-refractivity contribution in [2.75, 3.05) is 31.7 Å². The average Bonchev–Trinajstić information content (AvgIpc) is 2.37. The van der Waals surface area contributed by atoms with Gasteiger partial charge >= 0.3 is 6.18 Å². The topological polar surface area (TPSA) is 73.6 Å². The maximum Gasteiger partial charge on any atom is 0.411 e. The zero-order valence-electron chi connectivity index (χ0n) is 11.3. The van der Waals surface area contributed by atoms with E-state index in [0.29, 0.717) is 18.0 Å². The molecule has 118 valence electrons. The number of alkyl halides is 3. The third-order valence-electron chi connectivity index (χ3n) is 2.25. The van der Waals surface area contributed by atoms with E-state index in [4.69, 9.17) is 4.74 Å². The van der Waals surface area contributed by atoms with Crippen LogP contribution in [-0.2, 0) is 4.74 Å². The second-order valence-electron chi connectivity index (χ2n) is 4.00. The van der Waals surface area contributed by atoms with Gasteiger partial charge in [-0.05, 0) is 6.92 Å². The lowest BCUT2D eigenvalue weighted by Gasteiger charge is -2.10. The van der Waals surface area contributed by atoms with Crippen LogP contribution < -0.4 is 10.1 Å². The van der Waals surface area contributed by atoms with Gasteiger partial charge in [0.15, 0.2) is 0 Å². The van der Waals surface area contributed by atoms with Gasteiger partial charge < -0.3 is 14.8 Å². The molecule has 0 bridgehead atoms. The molecule has 0 amide bonds. The highest BCUT2D eigenvalue weighted by atomic mass is 19.4. The molecule has 0 aliphatic rings. The molecule has 1 rings (SSSR count). The first kappa shape index (κ1) is 17.0. The molecule has 0 aliphatic heterocycles. The van der Waals surface area contributed by atoms with E-state index < -0.39 is 17.7 Å². The zero-order chi connectivity index (χ0) is 15.9. The number of nitrogens with zero attached hydrogens (tertiary/aromatic N) is 1. The van der Waals surface area contributed by atoms with E-state index in [1.807, 2.05) is 0 Å². The average molecular weight is 308 g/mol. The van der Waals surface area contributed by atoms with E-state index in [0.717, 1.165) is 0 Å². The van der Waals surface area contributed by atoms with Gasteiger partial charge in [0, 0.05) is 24.4 Å². The van der Waals surface area contributed by atoms with E-state index in [2.05, 4.69) is 10.1 Å². The quantitative estimate of drug-likeness (QED) is 0.454. The summed E-state index contributed by atoms with van der Waals surface area (Å²) in [5.74, 6) is 0.311. The molecule has 0 atom stereocenters. The Morgan fingerprint density at radius 2 is 2.05 bits per heavy atom. The van der Waals surface area contributed by atoms with Gasteiger partial charge in [0.2, 0.25) is 0 Å². The Balaban J connectivity index is 2.55. The minimum Gasteiger partial charge on any atom is -0.494 e. The van der Waals surface area contributed by atoms with E-state index in [-0.39, 0.29) is 18.8 Å². The van der Waals surface area contributed by atoms with Crippen LogP contribution >= 0.6 is 0 Å². The number of anilines is 1. The highest BCUT2D eigenvalue weighted by Gasteiger charge is 2.27. The van der Waals surface area contributed by atoms with Crippen molar-refractivity contribution in [1.29, 1.82) is 0 Å². The first-order valence-electron chi connectivity index (χ1n) is 6.12. The van der Waals surface area contributed by atoms with Gasteiger partial charge in [0.25, 0.3) is 5.69 Å². The third-order valence-corrected chi connectivity index (χ3v) is 2.25. The molecule has 21 heavy (non-hydrogen) atoms. The minimum atomic E-state index is -4.37. The van der Waals surface area contributed by atoms with Crippen molar-refractivity contribution in [3.05, 3.63) is 28.3 Å². The van der Waals surface area contributed by atoms with E-state index in [9.17, 15) is 23.3 Å². The highest BCUT2D eigenvalue weighted by molar-refractivity contribution is 5.56. The van der Waals surface area contributed by atoms with Crippen LogP contribution in [0.3, 0.4) is 0 Å². The summed E-state index contributed by atoms with van der Waals surface area (Å²) in [5.41, 5.74) is 0.211. The summed E-state index contributed by atoms with van der Waals surface area (Å²) in [4.78, 5) is 10.2. The van der Waals surface area contributed by atoms with Gasteiger partial charge in [-0.3, -0.25) is 10.1 Å². The predicted molar refractivity (Wildman–Crippen MR) is 69.6 cm³/mol. The summed E-state index contributed by atoms with van der Waals surface area (Å²) in [6.45, 7) is 0.662. The molecule has 0 radical (unpaired) electrons. The zero-order valence-corrected chi connectivity index (χ0v) is 11.3. The lowest BCUT2D eigenvalue weighted by Crippen LogP contribution is -2.20. The number of ether oxygens (including phenoxy) is 2. The van der Waals surface area contributed by atoms with Crippen molar-refractivity contribution in [2.45, 2.75) is 13.1 Å². The van der Waals surface area contributed by atoms with Gasteiger partial charge in [-0.15, -0.1) is 0 Å². The fraction of sp³-hybridized carbons (Fsp3) is 0.500. The molecule has 0 spiro atoms. The van der Waals surface area contributed by atoms with Crippen molar-refractivity contribution in [1.82, 2.24) is 0 Å². The number of hydrogen-bond donors (Lipinski definition) is 1. The molecule has 1 aromatic rings. The predicted octanol–water partition coefficient (Wildman–Crippen LogP) is 2.98. The molecule has 0 aromatic heterocycles. The van der Waals surface area contributed by atoms with Crippen molar-refractivity contribution < 1.29 is 27.6 Å². The van der Waals surface area contributed by atoms with E-state index in [1.165, 1.54) is 18.2 Å². The number of hydrogen-bond acceptors (Lipinski definition) is 5. The van der Waals surface area contributed by atoms with Gasteiger partial charge in [0.05, 0.1) is 24.2 Å². The van der Waals surface area contributed by atoms with E-state index >= 15 is 0 Å². The number of nitro groups is 1. The summed E-state index contributed by atoms with van der Waals surface area (Å²) in [6, 6.07) is 4.07. The molecule has 0 saturated heterocycles. The van der Waals surface area contributed by atoms with Crippen LogP contribution in [0.15, 0.2) is 18.2 Å². The van der Waals surface area contributed by atoms with Crippen LogP contribution in [0.4, 0.5) is 24.5 Å². The molecule has 0 fully saturated rings. The molecule has 0 saturated carbocycles. The van der Waals surface area contributed by atoms with Crippen LogP contribution in [0.25, 0.3) is 0 Å². The Morgan fingerprint density at radius 3 is 2.62 bits per heavy atom. The van der Waals surface area contributed by atoms with Crippen LogP contribution in [0.1, 0.15) is 6.92 Å². The summed E-state index contributed by atoms with van der Waals surface area (Å²) in [5, 5.41) is 13.5. The van der Waals surface area contributed by atoms with Crippen molar-refractivity contribution in [3.8, 4) is 5.75 Å². The molecule has 0 heterocycles. The minimum absolute atomic E-state index is 0.0861. The largest absolute Gasteiger partial charge is 0.494 e. The van der Waals surface area contributed by atoms with Gasteiger partial charge in [-0.2, -0.15) is 13.2 Å². The maximum atomic E-state index is 11.8. The summed E-state index contributed by atoms with van der Waals surface area (Å²) in [7, 11) is 0. The number of non-ortho nitro benzene ring substituents is 1. The van der Waals surface area contributed by atoms with Crippen LogP contribution in [-0.4, -0.2) is 37.5 Å². The molecule has 1 aromatic carbocycles. The van der Waals surface area contributed by atoms with Gasteiger partial charge in [0.1, 0.15) is 12.4 Å². The second kappa shape index (κ2) is 7.67. The SMILES string of the molecule is CCOc1cc(NCCOCC(F)(F)F)cc([N+](=O)[O-])c1. The number of benzene rings is 1. The summed E-state index contributed by atoms with van der Waals surface area (Å²) >= 11 is 0. The monoisotopic (exact) mass is 308 g/mol. The Labute approximate surface area is 119 Å². The Bertz CT molecular complexity index is 480. The third kappa shape index (κ3) is 6.80. The lowest BCUT2D eigenvalue weighted by atomic mass is 10.2. The van der Waals surface area contributed by atoms with E-state index in [1.54, 1.807) is 6.92 Å². The van der Waals surface area contributed by atoms with Crippen molar-refractivity contribution in [3.63, 3.8) is 0 Å². The Morgan fingerprint density at radius 1 is 1.33 bits per heavy atom. The van der Waals surface area contributed by atoms with Crippen molar-refractivity contribution >= 4 is 11.4 Å². The molecular formula is C12H15F3N2O4. The number of rotatable bonds is 8. The molecule has 9 heteroatoms. The van der Waals surface area contributed by atoms with Crippen LogP contribution in [0.2, 0.25) is 0 Å². The summed E-state index contributed by atoms with van der Waals surface area (Å²) in [6.07, 6.45) is -4.37. The molecule has 1 N–H and O–H groups in total. The second-order valence-corrected chi connectivity index (χ2v) is 4.00. The lowest BCUT2D eigenvalue weighted by molar-refractivity contribution is -0.384. The number of nitrogens with one attached hydrogen (secondary N) is 1. The standard InChI is InChI=1S/C12H15F3N2O4/c1-2-21-11-6-9(5-10(7-11)17(18)19)16-3-4-20-8-12(13,14)15/h5-7,16H,2-4,8H2,1H3. The number of halogens is 3. The molecular weight excluding hydrogens is 293 g/mol. The molecule has 0 unspecified atom stereocenters.